The molecule has 0 aromatic rings. The van der Waals surface area contributed by atoms with Gasteiger partial charge in [-0.05, 0) is 36.5 Å². The van der Waals surface area contributed by atoms with E-state index in [1.807, 2.05) is 13.8 Å². The van der Waals surface area contributed by atoms with Gasteiger partial charge in [-0.25, -0.2) is 0 Å². The van der Waals surface area contributed by atoms with Crippen molar-refractivity contribution in [1.82, 2.24) is 0 Å². The highest BCUT2D eigenvalue weighted by atomic mass is 16.5. The first-order valence-electron chi connectivity index (χ1n) is 9.41. The predicted molar refractivity (Wildman–Crippen MR) is 87.1 cm³/mol. The van der Waals surface area contributed by atoms with Gasteiger partial charge >= 0.3 is 0 Å². The Morgan fingerprint density at radius 3 is 2.54 bits per heavy atom. The minimum atomic E-state index is -1.11. The number of ether oxygens (including phenoxy) is 1. The van der Waals surface area contributed by atoms with Crippen LogP contribution >= 0.6 is 0 Å². The molecular formula is C19H30O5. The Balaban J connectivity index is 1.79. The lowest BCUT2D eigenvalue weighted by atomic mass is 9.48. The zero-order valence-electron chi connectivity index (χ0n) is 14.8. The number of ketones is 1. The van der Waals surface area contributed by atoms with Gasteiger partial charge in [0.1, 0.15) is 6.10 Å². The van der Waals surface area contributed by atoms with Crippen LogP contribution in [0.4, 0.5) is 0 Å². The number of aliphatic hydroxyl groups is 3. The molecule has 5 nitrogen and oxygen atoms in total. The van der Waals surface area contributed by atoms with Gasteiger partial charge in [0, 0.05) is 24.2 Å². The van der Waals surface area contributed by atoms with Crippen LogP contribution in [0.5, 0.6) is 0 Å². The van der Waals surface area contributed by atoms with E-state index in [0.717, 1.165) is 6.42 Å². The summed E-state index contributed by atoms with van der Waals surface area (Å²) in [6, 6.07) is 0. The first kappa shape index (κ1) is 17.0. The van der Waals surface area contributed by atoms with Gasteiger partial charge in [0.05, 0.1) is 24.4 Å². The largest absolute Gasteiger partial charge is 0.392 e. The van der Waals surface area contributed by atoms with Crippen molar-refractivity contribution in [2.75, 3.05) is 6.61 Å². The van der Waals surface area contributed by atoms with Gasteiger partial charge < -0.3 is 20.1 Å². The highest BCUT2D eigenvalue weighted by Gasteiger charge is 2.63. The van der Waals surface area contributed by atoms with E-state index < -0.39 is 29.1 Å². The van der Waals surface area contributed by atoms with E-state index in [-0.39, 0.29) is 35.6 Å². The number of carbonyl (C=O) groups is 1. The molecule has 4 rings (SSSR count). The zero-order chi connectivity index (χ0) is 17.4. The van der Waals surface area contributed by atoms with Crippen molar-refractivity contribution < 1.29 is 24.9 Å². The maximum absolute atomic E-state index is 13.1. The summed E-state index contributed by atoms with van der Waals surface area (Å²) in [7, 11) is 0. The van der Waals surface area contributed by atoms with Gasteiger partial charge in [-0.1, -0.05) is 20.8 Å². The average molecular weight is 338 g/mol. The maximum atomic E-state index is 13.1. The number of hydrogen-bond donors (Lipinski definition) is 3. The third kappa shape index (κ3) is 2.05. The third-order valence-electron chi connectivity index (χ3n) is 8.07. The highest BCUT2D eigenvalue weighted by Crippen LogP contribution is 2.59. The van der Waals surface area contributed by atoms with Crippen LogP contribution in [-0.2, 0) is 9.53 Å². The van der Waals surface area contributed by atoms with Crippen molar-refractivity contribution in [1.29, 1.82) is 0 Å². The first-order valence-corrected chi connectivity index (χ1v) is 9.41. The zero-order valence-corrected chi connectivity index (χ0v) is 14.8. The number of fused-ring (bicyclic) bond motifs is 5. The van der Waals surface area contributed by atoms with Gasteiger partial charge in [-0.2, -0.15) is 0 Å². The molecule has 3 saturated carbocycles. The summed E-state index contributed by atoms with van der Waals surface area (Å²) in [4.78, 5) is 13.1. The second kappa shape index (κ2) is 5.26. The molecule has 4 aliphatic rings. The molecule has 24 heavy (non-hydrogen) atoms. The molecule has 4 fully saturated rings. The summed E-state index contributed by atoms with van der Waals surface area (Å²) in [6.07, 6.45) is 0.604. The monoisotopic (exact) mass is 338 g/mol. The van der Waals surface area contributed by atoms with Gasteiger partial charge in [0.2, 0.25) is 0 Å². The van der Waals surface area contributed by atoms with Crippen molar-refractivity contribution in [3.8, 4) is 0 Å². The molecule has 1 saturated heterocycles. The second-order valence-corrected chi connectivity index (χ2v) is 9.37. The SMILES string of the molecule is CC1CC[C@@]2(O)CC3C4COC4C[C@H](O)C3C(=O)[C@H](O)C1C2(C)C. The van der Waals surface area contributed by atoms with Gasteiger partial charge in [-0.15, -0.1) is 0 Å². The van der Waals surface area contributed by atoms with Gasteiger partial charge in [-0.3, -0.25) is 4.79 Å². The molecule has 5 heteroatoms. The van der Waals surface area contributed by atoms with Crippen molar-refractivity contribution in [2.24, 2.45) is 35.0 Å². The number of Topliss-reactive ketones (excluding diaryl/α,β-unsaturated/α-hetero) is 1. The van der Waals surface area contributed by atoms with E-state index in [1.165, 1.54) is 0 Å². The molecule has 0 aromatic carbocycles. The lowest BCUT2D eigenvalue weighted by Crippen LogP contribution is -2.67. The number of hydrogen-bond acceptors (Lipinski definition) is 5. The Morgan fingerprint density at radius 2 is 1.92 bits per heavy atom. The van der Waals surface area contributed by atoms with Crippen LogP contribution in [0.15, 0.2) is 0 Å². The molecule has 0 amide bonds. The second-order valence-electron chi connectivity index (χ2n) is 9.37. The lowest BCUT2D eigenvalue weighted by Gasteiger charge is -2.61. The van der Waals surface area contributed by atoms with E-state index in [4.69, 9.17) is 4.74 Å². The van der Waals surface area contributed by atoms with Crippen molar-refractivity contribution >= 4 is 5.78 Å². The summed E-state index contributed by atoms with van der Waals surface area (Å²) in [5, 5.41) is 33.1. The summed E-state index contributed by atoms with van der Waals surface area (Å²) >= 11 is 0. The number of rotatable bonds is 0. The Hall–Kier alpha value is -0.490. The standard InChI is InChI=1S/C19H30O5/c1-9-4-5-19(23)7-10-11-8-24-13(11)6-12(20)14(10)16(21)17(22)15(9)18(19,2)3/h9-15,17,20,22-23H,4-8H2,1-3H3/t9?,10?,11?,12-,13?,14?,15?,17+,19+/m0/s1. The highest BCUT2D eigenvalue weighted by molar-refractivity contribution is 5.87. The summed E-state index contributed by atoms with van der Waals surface area (Å²) < 4.78 is 5.58. The average Bonchev–Trinajstić information content (AvgIpc) is 2.46. The molecule has 3 N–H and O–H groups in total. The van der Waals surface area contributed by atoms with Crippen LogP contribution in [0.25, 0.3) is 0 Å². The fraction of sp³-hybridized carbons (Fsp3) is 0.947. The van der Waals surface area contributed by atoms with Crippen molar-refractivity contribution in [2.45, 2.75) is 70.4 Å². The normalized spacial score (nSPS) is 56.3. The molecule has 6 unspecified atom stereocenters. The Labute approximate surface area is 143 Å². The minimum absolute atomic E-state index is 0.00403. The van der Waals surface area contributed by atoms with Crippen LogP contribution in [0, 0.1) is 35.0 Å². The predicted octanol–water partition coefficient (Wildman–Crippen LogP) is 1.14. The van der Waals surface area contributed by atoms with E-state index in [1.54, 1.807) is 0 Å². The maximum Gasteiger partial charge on any atom is 0.167 e. The fourth-order valence-electron chi connectivity index (χ4n) is 6.43. The molecule has 0 radical (unpaired) electrons. The van der Waals surface area contributed by atoms with Crippen LogP contribution in [0.1, 0.15) is 46.5 Å². The minimum Gasteiger partial charge on any atom is -0.392 e. The Bertz CT molecular complexity index is 546. The Morgan fingerprint density at radius 1 is 1.21 bits per heavy atom. The molecule has 3 aliphatic carbocycles. The molecule has 1 heterocycles. The van der Waals surface area contributed by atoms with Crippen LogP contribution in [0.2, 0.25) is 0 Å². The summed E-state index contributed by atoms with van der Waals surface area (Å²) in [5.74, 6) is -0.769. The molecular weight excluding hydrogens is 308 g/mol. The van der Waals surface area contributed by atoms with E-state index in [2.05, 4.69) is 6.92 Å². The topological polar surface area (TPSA) is 87.0 Å². The molecule has 0 aromatic heterocycles. The smallest absolute Gasteiger partial charge is 0.167 e. The lowest BCUT2D eigenvalue weighted by molar-refractivity contribution is -0.241. The molecule has 9 atom stereocenters. The Kier molecular flexibility index (Phi) is 3.71. The first-order chi connectivity index (χ1) is 11.2. The number of carbonyl (C=O) groups excluding carboxylic acids is 1. The van der Waals surface area contributed by atoms with Crippen LogP contribution < -0.4 is 0 Å². The quantitative estimate of drug-likeness (QED) is 0.616. The van der Waals surface area contributed by atoms with Gasteiger partial charge in [0.15, 0.2) is 5.78 Å². The van der Waals surface area contributed by atoms with Gasteiger partial charge in [0.25, 0.3) is 0 Å². The third-order valence-corrected chi connectivity index (χ3v) is 8.07. The molecule has 2 bridgehead atoms. The summed E-state index contributed by atoms with van der Waals surface area (Å²) in [6.45, 7) is 6.66. The van der Waals surface area contributed by atoms with Crippen LogP contribution in [-0.4, -0.2) is 51.6 Å². The van der Waals surface area contributed by atoms with E-state index in [0.29, 0.717) is 25.9 Å². The van der Waals surface area contributed by atoms with E-state index in [9.17, 15) is 20.1 Å². The molecule has 0 spiro atoms. The summed E-state index contributed by atoms with van der Waals surface area (Å²) in [5.41, 5.74) is -1.45. The van der Waals surface area contributed by atoms with Crippen molar-refractivity contribution in [3.63, 3.8) is 0 Å². The molecule has 136 valence electrons. The fourth-order valence-corrected chi connectivity index (χ4v) is 6.43. The van der Waals surface area contributed by atoms with Crippen molar-refractivity contribution in [3.05, 3.63) is 0 Å². The molecule has 1 aliphatic heterocycles. The van der Waals surface area contributed by atoms with Crippen LogP contribution in [0.3, 0.4) is 0 Å². The number of aliphatic hydroxyl groups excluding tert-OH is 2. The van der Waals surface area contributed by atoms with E-state index >= 15 is 0 Å².